The molecule has 1 rings (SSSR count). The zero-order valence-corrected chi connectivity index (χ0v) is 14.9. The second-order valence-corrected chi connectivity index (χ2v) is 7.56. The molecule has 22 heavy (non-hydrogen) atoms. The maximum Gasteiger partial charge on any atom is 0.0827 e. The molecule has 0 fully saturated rings. The van der Waals surface area contributed by atoms with Crippen molar-refractivity contribution >= 4 is 0 Å². The quantitative estimate of drug-likeness (QED) is 0.693. The Labute approximate surface area is 136 Å². The number of aliphatic hydroxyl groups is 2. The third kappa shape index (κ3) is 6.93. The summed E-state index contributed by atoms with van der Waals surface area (Å²) in [4.78, 5) is 0. The van der Waals surface area contributed by atoms with Crippen molar-refractivity contribution < 1.29 is 10.2 Å². The molecule has 126 valence electrons. The largest absolute Gasteiger partial charge is 0.389 e. The van der Waals surface area contributed by atoms with Gasteiger partial charge in [-0.3, -0.25) is 0 Å². The van der Waals surface area contributed by atoms with Crippen molar-refractivity contribution in [1.29, 1.82) is 0 Å². The second-order valence-electron chi connectivity index (χ2n) is 7.56. The van der Waals surface area contributed by atoms with Gasteiger partial charge in [0.25, 0.3) is 0 Å². The third-order valence-corrected chi connectivity index (χ3v) is 4.40. The van der Waals surface area contributed by atoms with Crippen LogP contribution in [0, 0.1) is 17.8 Å². The minimum atomic E-state index is -0.960. The zero-order valence-electron chi connectivity index (χ0n) is 14.9. The van der Waals surface area contributed by atoms with Gasteiger partial charge in [0.15, 0.2) is 0 Å². The molecule has 0 aromatic rings. The highest BCUT2D eigenvalue weighted by Crippen LogP contribution is 2.25. The van der Waals surface area contributed by atoms with Crippen LogP contribution in [0.5, 0.6) is 0 Å². The van der Waals surface area contributed by atoms with E-state index in [0.29, 0.717) is 24.2 Å². The van der Waals surface area contributed by atoms with Crippen molar-refractivity contribution in [2.75, 3.05) is 0 Å². The van der Waals surface area contributed by atoms with Crippen LogP contribution in [0.25, 0.3) is 0 Å². The van der Waals surface area contributed by atoms with Gasteiger partial charge in [-0.15, -0.1) is 0 Å². The molecule has 0 radical (unpaired) electrons. The maximum absolute atomic E-state index is 10.5. The Morgan fingerprint density at radius 2 is 1.77 bits per heavy atom. The van der Waals surface area contributed by atoms with Crippen LogP contribution >= 0.6 is 0 Å². The summed E-state index contributed by atoms with van der Waals surface area (Å²) in [5, 5.41) is 21.0. The number of allylic oxidation sites excluding steroid dienone is 4. The molecular weight excluding hydrogens is 272 g/mol. The van der Waals surface area contributed by atoms with E-state index in [-0.39, 0.29) is 0 Å². The molecule has 4 atom stereocenters. The zero-order chi connectivity index (χ0) is 16.8. The van der Waals surface area contributed by atoms with Crippen molar-refractivity contribution in [3.63, 3.8) is 0 Å². The molecule has 2 N–H and O–H groups in total. The minimum Gasteiger partial charge on any atom is -0.389 e. The van der Waals surface area contributed by atoms with E-state index in [1.165, 1.54) is 0 Å². The first-order valence-corrected chi connectivity index (χ1v) is 8.66. The number of hydrogen-bond donors (Lipinski definition) is 2. The van der Waals surface area contributed by atoms with Crippen LogP contribution in [-0.4, -0.2) is 21.9 Å². The molecule has 0 aromatic heterocycles. The highest BCUT2D eigenvalue weighted by atomic mass is 16.3. The van der Waals surface area contributed by atoms with E-state index in [9.17, 15) is 10.2 Å². The summed E-state index contributed by atoms with van der Waals surface area (Å²) in [5.41, 5.74) is 0.0814. The molecule has 4 unspecified atom stereocenters. The van der Waals surface area contributed by atoms with E-state index in [1.54, 1.807) is 6.92 Å². The Morgan fingerprint density at radius 1 is 1.14 bits per heavy atom. The van der Waals surface area contributed by atoms with Crippen LogP contribution in [0.4, 0.5) is 0 Å². The van der Waals surface area contributed by atoms with Crippen LogP contribution < -0.4 is 0 Å². The molecular formula is C20H34O2. The molecule has 0 saturated carbocycles. The lowest BCUT2D eigenvalue weighted by atomic mass is 9.87. The summed E-state index contributed by atoms with van der Waals surface area (Å²) in [5.74, 6) is 1.34. The van der Waals surface area contributed by atoms with Crippen LogP contribution in [0.3, 0.4) is 0 Å². The second kappa shape index (κ2) is 8.69. The molecule has 0 heterocycles. The standard InChI is InChI=1S/C20H34O2/c1-15(2)18-12-11-17(4)9-6-8-16(3)10-7-13-20(5,22)14-19(18)21/h6-7,9,12-13,15-17,19,21-22H,8,10-11,14H2,1-5H3/b9-6-,13-7-,18-12+. The van der Waals surface area contributed by atoms with Gasteiger partial charge in [0.05, 0.1) is 11.7 Å². The Balaban J connectivity index is 3.00. The fraction of sp³-hybridized carbons (Fsp3) is 0.700. The first kappa shape index (κ1) is 19.2. The SMILES string of the molecule is CC1/C=C\CC(C)C/C=C\C(C)(O)CC(O)/C(C(C)C)=C/C1. The third-order valence-electron chi connectivity index (χ3n) is 4.40. The van der Waals surface area contributed by atoms with E-state index in [0.717, 1.165) is 24.8 Å². The monoisotopic (exact) mass is 306 g/mol. The molecule has 2 heteroatoms. The highest BCUT2D eigenvalue weighted by molar-refractivity contribution is 5.15. The Hall–Kier alpha value is -0.860. The molecule has 0 spiro atoms. The van der Waals surface area contributed by atoms with Crippen molar-refractivity contribution in [1.82, 2.24) is 0 Å². The van der Waals surface area contributed by atoms with Gasteiger partial charge in [0, 0.05) is 6.42 Å². The van der Waals surface area contributed by atoms with Gasteiger partial charge in [-0.25, -0.2) is 0 Å². The summed E-state index contributed by atoms with van der Waals surface area (Å²) < 4.78 is 0. The molecule has 0 aromatic carbocycles. The van der Waals surface area contributed by atoms with Crippen molar-refractivity contribution in [3.8, 4) is 0 Å². The number of aliphatic hydroxyl groups excluding tert-OH is 1. The van der Waals surface area contributed by atoms with Gasteiger partial charge in [-0.1, -0.05) is 58.1 Å². The lowest BCUT2D eigenvalue weighted by Gasteiger charge is -2.27. The fourth-order valence-electron chi connectivity index (χ4n) is 2.93. The summed E-state index contributed by atoms with van der Waals surface area (Å²) in [6.45, 7) is 10.4. The summed E-state index contributed by atoms with van der Waals surface area (Å²) in [6.07, 6.45) is 13.4. The molecule has 0 aliphatic heterocycles. The summed E-state index contributed by atoms with van der Waals surface area (Å²) >= 11 is 0. The van der Waals surface area contributed by atoms with Gasteiger partial charge >= 0.3 is 0 Å². The van der Waals surface area contributed by atoms with Crippen molar-refractivity contribution in [2.45, 2.75) is 72.0 Å². The van der Waals surface area contributed by atoms with Gasteiger partial charge in [-0.05, 0) is 49.5 Å². The molecule has 0 amide bonds. The van der Waals surface area contributed by atoms with Crippen LogP contribution in [0.2, 0.25) is 0 Å². The van der Waals surface area contributed by atoms with E-state index < -0.39 is 11.7 Å². The van der Waals surface area contributed by atoms with Crippen LogP contribution in [0.15, 0.2) is 36.0 Å². The topological polar surface area (TPSA) is 40.5 Å². The Kier molecular flexibility index (Phi) is 7.58. The Morgan fingerprint density at radius 3 is 2.41 bits per heavy atom. The van der Waals surface area contributed by atoms with Gasteiger partial charge in [0.1, 0.15) is 0 Å². The summed E-state index contributed by atoms with van der Waals surface area (Å²) in [6, 6.07) is 0. The molecule has 1 aliphatic rings. The highest BCUT2D eigenvalue weighted by Gasteiger charge is 2.25. The first-order chi connectivity index (χ1) is 10.2. The Bertz CT molecular complexity index is 415. The van der Waals surface area contributed by atoms with Gasteiger partial charge < -0.3 is 10.2 Å². The summed E-state index contributed by atoms with van der Waals surface area (Å²) in [7, 11) is 0. The van der Waals surface area contributed by atoms with Gasteiger partial charge in [-0.2, -0.15) is 0 Å². The van der Waals surface area contributed by atoms with E-state index in [4.69, 9.17) is 0 Å². The lowest BCUT2D eigenvalue weighted by molar-refractivity contribution is 0.0504. The van der Waals surface area contributed by atoms with E-state index in [2.05, 4.69) is 52.0 Å². The predicted molar refractivity (Wildman–Crippen MR) is 94.6 cm³/mol. The van der Waals surface area contributed by atoms with Crippen LogP contribution in [0.1, 0.15) is 60.3 Å². The maximum atomic E-state index is 10.5. The van der Waals surface area contributed by atoms with Crippen LogP contribution in [-0.2, 0) is 0 Å². The number of hydrogen-bond acceptors (Lipinski definition) is 2. The fourth-order valence-corrected chi connectivity index (χ4v) is 2.93. The van der Waals surface area contributed by atoms with Gasteiger partial charge in [0.2, 0.25) is 0 Å². The normalized spacial score (nSPS) is 40.5. The minimum absolute atomic E-state index is 0.291. The van der Waals surface area contributed by atoms with Crippen molar-refractivity contribution in [2.24, 2.45) is 17.8 Å². The molecule has 2 nitrogen and oxygen atoms in total. The molecule has 0 bridgehead atoms. The smallest absolute Gasteiger partial charge is 0.0827 e. The van der Waals surface area contributed by atoms with Crippen molar-refractivity contribution in [3.05, 3.63) is 36.0 Å². The number of rotatable bonds is 1. The lowest BCUT2D eigenvalue weighted by Crippen LogP contribution is -2.30. The molecule has 1 aliphatic carbocycles. The first-order valence-electron chi connectivity index (χ1n) is 8.66. The van der Waals surface area contributed by atoms with E-state index >= 15 is 0 Å². The van der Waals surface area contributed by atoms with E-state index in [1.807, 2.05) is 6.08 Å². The molecule has 0 saturated heterocycles. The predicted octanol–water partition coefficient (Wildman–Crippen LogP) is 4.64. The average Bonchev–Trinajstić information content (AvgIpc) is 2.36. The average molecular weight is 306 g/mol.